The van der Waals surface area contributed by atoms with E-state index in [0.29, 0.717) is 12.6 Å². The molecule has 4 nitrogen and oxygen atoms in total. The summed E-state index contributed by atoms with van der Waals surface area (Å²) in [6.45, 7) is 0.871. The van der Waals surface area contributed by atoms with E-state index in [1.54, 1.807) is 25.3 Å². The zero-order chi connectivity index (χ0) is 16.9. The molecule has 0 heterocycles. The van der Waals surface area contributed by atoms with Crippen molar-refractivity contribution in [3.05, 3.63) is 59.9 Å². The minimum absolute atomic E-state index is 0.207. The molecule has 1 saturated carbocycles. The van der Waals surface area contributed by atoms with Crippen molar-refractivity contribution in [1.29, 1.82) is 0 Å². The zero-order valence-electron chi connectivity index (χ0n) is 13.7. The molecule has 3 rings (SSSR count). The highest BCUT2D eigenvalue weighted by atomic mass is 19.1. The summed E-state index contributed by atoms with van der Waals surface area (Å²) in [5.74, 6) is 0.188. The third-order valence-corrected chi connectivity index (χ3v) is 4.12. The molecule has 1 N–H and O–H groups in total. The van der Waals surface area contributed by atoms with Crippen molar-refractivity contribution in [2.45, 2.75) is 25.4 Å². The van der Waals surface area contributed by atoms with Gasteiger partial charge in [-0.15, -0.1) is 0 Å². The van der Waals surface area contributed by atoms with Crippen LogP contribution in [0.3, 0.4) is 0 Å². The van der Waals surface area contributed by atoms with Gasteiger partial charge in [-0.25, -0.2) is 4.39 Å². The van der Waals surface area contributed by atoms with Crippen LogP contribution in [0.4, 0.5) is 10.1 Å². The minimum Gasteiger partial charge on any atom is -0.496 e. The predicted molar refractivity (Wildman–Crippen MR) is 91.5 cm³/mol. The predicted octanol–water partition coefficient (Wildman–Crippen LogP) is 3.44. The number of rotatable bonds is 7. The number of carbonyl (C=O) groups excluding carboxylic acids is 1. The van der Waals surface area contributed by atoms with Crippen LogP contribution in [0.25, 0.3) is 0 Å². The third-order valence-electron chi connectivity index (χ3n) is 4.12. The van der Waals surface area contributed by atoms with Gasteiger partial charge in [0.2, 0.25) is 5.91 Å². The molecule has 5 heteroatoms. The van der Waals surface area contributed by atoms with Gasteiger partial charge in [-0.3, -0.25) is 9.69 Å². The van der Waals surface area contributed by atoms with Crippen LogP contribution in [0.15, 0.2) is 48.5 Å². The number of hydrogen-bond donors (Lipinski definition) is 1. The number of methoxy groups -OCH3 is 1. The molecule has 1 aliphatic carbocycles. The Morgan fingerprint density at radius 2 is 1.92 bits per heavy atom. The van der Waals surface area contributed by atoms with Gasteiger partial charge in [0.05, 0.1) is 19.3 Å². The molecular weight excluding hydrogens is 307 g/mol. The largest absolute Gasteiger partial charge is 0.496 e. The lowest BCUT2D eigenvalue weighted by atomic mass is 10.2. The van der Waals surface area contributed by atoms with Gasteiger partial charge in [0.1, 0.15) is 11.6 Å². The molecule has 2 aromatic rings. The lowest BCUT2D eigenvalue weighted by Crippen LogP contribution is -2.34. The van der Waals surface area contributed by atoms with Gasteiger partial charge in [0.15, 0.2) is 0 Å². The summed E-state index contributed by atoms with van der Waals surface area (Å²) in [5, 5.41) is 2.65. The second-order valence-electron chi connectivity index (χ2n) is 5.98. The summed E-state index contributed by atoms with van der Waals surface area (Å²) in [6.07, 6.45) is 2.17. The quantitative estimate of drug-likeness (QED) is 0.846. The van der Waals surface area contributed by atoms with Gasteiger partial charge in [-0.05, 0) is 31.0 Å². The lowest BCUT2D eigenvalue weighted by molar-refractivity contribution is -0.117. The SMILES string of the molecule is COc1ccccc1CN(CC(=O)Nc1ccccc1F)C1CC1. The number of ether oxygens (including phenoxy) is 1. The van der Waals surface area contributed by atoms with Crippen molar-refractivity contribution in [3.63, 3.8) is 0 Å². The van der Waals surface area contributed by atoms with Crippen LogP contribution in [0.5, 0.6) is 5.75 Å². The van der Waals surface area contributed by atoms with Crippen molar-refractivity contribution in [2.75, 3.05) is 19.0 Å². The van der Waals surface area contributed by atoms with Crippen LogP contribution in [-0.2, 0) is 11.3 Å². The van der Waals surface area contributed by atoms with E-state index >= 15 is 0 Å². The van der Waals surface area contributed by atoms with E-state index in [9.17, 15) is 9.18 Å². The normalized spacial score (nSPS) is 13.8. The molecule has 1 fully saturated rings. The molecule has 126 valence electrons. The number of anilines is 1. The van der Waals surface area contributed by atoms with E-state index < -0.39 is 5.82 Å². The fourth-order valence-corrected chi connectivity index (χ4v) is 2.74. The summed E-state index contributed by atoms with van der Waals surface area (Å²) < 4.78 is 19.0. The van der Waals surface area contributed by atoms with Gasteiger partial charge in [-0.2, -0.15) is 0 Å². The maximum absolute atomic E-state index is 13.7. The Hall–Kier alpha value is -2.40. The zero-order valence-corrected chi connectivity index (χ0v) is 13.7. The number of nitrogens with one attached hydrogen (secondary N) is 1. The highest BCUT2D eigenvalue weighted by Crippen LogP contribution is 2.30. The van der Waals surface area contributed by atoms with E-state index in [4.69, 9.17) is 4.74 Å². The molecular formula is C19H21FN2O2. The lowest BCUT2D eigenvalue weighted by Gasteiger charge is -2.22. The Morgan fingerprint density at radius 1 is 1.21 bits per heavy atom. The van der Waals surface area contributed by atoms with Crippen LogP contribution < -0.4 is 10.1 Å². The van der Waals surface area contributed by atoms with Crippen molar-refractivity contribution < 1.29 is 13.9 Å². The highest BCUT2D eigenvalue weighted by molar-refractivity contribution is 5.92. The van der Waals surface area contributed by atoms with Gasteiger partial charge < -0.3 is 10.1 Å². The van der Waals surface area contributed by atoms with Crippen LogP contribution in [0, 0.1) is 5.82 Å². The Balaban J connectivity index is 1.66. The first-order valence-electron chi connectivity index (χ1n) is 8.07. The molecule has 1 amide bonds. The number of nitrogens with zero attached hydrogens (tertiary/aromatic N) is 1. The Morgan fingerprint density at radius 3 is 2.62 bits per heavy atom. The second kappa shape index (κ2) is 7.45. The monoisotopic (exact) mass is 328 g/mol. The molecule has 0 aliphatic heterocycles. The first-order chi connectivity index (χ1) is 11.7. The Bertz CT molecular complexity index is 716. The first-order valence-corrected chi connectivity index (χ1v) is 8.07. The molecule has 2 aromatic carbocycles. The molecule has 0 saturated heterocycles. The van der Waals surface area contributed by atoms with Crippen molar-refractivity contribution in [2.24, 2.45) is 0 Å². The van der Waals surface area contributed by atoms with E-state index in [0.717, 1.165) is 24.2 Å². The van der Waals surface area contributed by atoms with Crippen LogP contribution >= 0.6 is 0 Å². The van der Waals surface area contributed by atoms with Gasteiger partial charge in [0.25, 0.3) is 0 Å². The molecule has 1 aliphatic rings. The molecule has 24 heavy (non-hydrogen) atoms. The number of halogens is 1. The molecule has 0 aromatic heterocycles. The average molecular weight is 328 g/mol. The van der Waals surface area contributed by atoms with E-state index in [1.807, 2.05) is 24.3 Å². The summed E-state index contributed by atoms with van der Waals surface area (Å²) in [5.41, 5.74) is 1.26. The molecule has 0 radical (unpaired) electrons. The number of para-hydroxylation sites is 2. The smallest absolute Gasteiger partial charge is 0.238 e. The van der Waals surface area contributed by atoms with Crippen molar-refractivity contribution >= 4 is 11.6 Å². The number of benzene rings is 2. The topological polar surface area (TPSA) is 41.6 Å². The van der Waals surface area contributed by atoms with Crippen molar-refractivity contribution in [1.82, 2.24) is 4.90 Å². The van der Waals surface area contributed by atoms with Gasteiger partial charge in [-0.1, -0.05) is 30.3 Å². The fourth-order valence-electron chi connectivity index (χ4n) is 2.74. The van der Waals surface area contributed by atoms with E-state index in [2.05, 4.69) is 10.2 Å². The minimum atomic E-state index is -0.423. The summed E-state index contributed by atoms with van der Waals surface area (Å²) in [7, 11) is 1.64. The number of hydrogen-bond acceptors (Lipinski definition) is 3. The first kappa shape index (κ1) is 16.5. The maximum Gasteiger partial charge on any atom is 0.238 e. The van der Waals surface area contributed by atoms with E-state index in [-0.39, 0.29) is 18.1 Å². The third kappa shape index (κ3) is 4.11. The Kier molecular flexibility index (Phi) is 5.11. The van der Waals surface area contributed by atoms with E-state index in [1.165, 1.54) is 6.07 Å². The Labute approximate surface area is 141 Å². The summed E-state index contributed by atoms with van der Waals surface area (Å²) >= 11 is 0. The highest BCUT2D eigenvalue weighted by Gasteiger charge is 2.30. The standard InChI is InChI=1S/C19H21FN2O2/c1-24-18-9-5-2-6-14(18)12-22(15-10-11-15)13-19(23)21-17-8-4-3-7-16(17)20/h2-9,15H,10-13H2,1H3,(H,21,23). The van der Waals surface area contributed by atoms with Gasteiger partial charge in [0, 0.05) is 18.2 Å². The maximum atomic E-state index is 13.7. The summed E-state index contributed by atoms with van der Waals surface area (Å²) in [4.78, 5) is 14.4. The molecule has 0 bridgehead atoms. The summed E-state index contributed by atoms with van der Waals surface area (Å²) in [6, 6.07) is 14.4. The average Bonchev–Trinajstić information content (AvgIpc) is 3.42. The molecule has 0 spiro atoms. The van der Waals surface area contributed by atoms with Crippen LogP contribution in [-0.4, -0.2) is 30.5 Å². The number of amides is 1. The second-order valence-corrected chi connectivity index (χ2v) is 5.98. The van der Waals surface area contributed by atoms with Crippen LogP contribution in [0.1, 0.15) is 18.4 Å². The number of carbonyl (C=O) groups is 1. The van der Waals surface area contributed by atoms with Gasteiger partial charge >= 0.3 is 0 Å². The molecule has 0 unspecified atom stereocenters. The molecule has 0 atom stereocenters. The fraction of sp³-hybridized carbons (Fsp3) is 0.316. The van der Waals surface area contributed by atoms with Crippen LogP contribution in [0.2, 0.25) is 0 Å². The van der Waals surface area contributed by atoms with Crippen molar-refractivity contribution in [3.8, 4) is 5.75 Å².